The number of fused-ring (bicyclic) bond motifs is 6. The van der Waals surface area contributed by atoms with Crippen molar-refractivity contribution in [3.8, 4) is 0 Å². The van der Waals surface area contributed by atoms with E-state index in [2.05, 4.69) is 0 Å². The first-order valence-corrected chi connectivity index (χ1v) is 5.60. The Morgan fingerprint density at radius 1 is 0.750 bits per heavy atom. The molecule has 0 heterocycles. The van der Waals surface area contributed by atoms with Gasteiger partial charge in [-0.1, -0.05) is 57.2 Å². The number of hydrogen-bond donors (Lipinski definition) is 0. The van der Waals surface area contributed by atoms with Crippen molar-refractivity contribution in [1.29, 1.82) is 0 Å². The first-order valence-electron chi connectivity index (χ1n) is 5.60. The molecule has 66 valence electrons. The summed E-state index contributed by atoms with van der Waals surface area (Å²) in [6.45, 7) is 0. The molecule has 3 fully saturated rings. The second-order valence-corrected chi connectivity index (χ2v) is 4.83. The largest absolute Gasteiger partial charge is 0.0769 e. The van der Waals surface area contributed by atoms with Crippen molar-refractivity contribution in [2.75, 3.05) is 0 Å². The molecule has 0 unspecified atom stereocenters. The van der Waals surface area contributed by atoms with E-state index in [1.807, 2.05) is 0 Å². The first kappa shape index (κ1) is 8.65. The minimum Gasteiger partial charge on any atom is -0.0769 e. The van der Waals surface area contributed by atoms with Gasteiger partial charge in [-0.25, -0.2) is 0 Å². The minimum absolute atomic E-state index is 0.528. The molecule has 0 saturated heterocycles. The van der Waals surface area contributed by atoms with E-state index in [-0.39, 0.29) is 0 Å². The van der Waals surface area contributed by atoms with E-state index in [0.717, 1.165) is 11.8 Å². The van der Waals surface area contributed by atoms with Crippen molar-refractivity contribution < 1.29 is 0 Å². The van der Waals surface area contributed by atoms with E-state index in [1.165, 1.54) is 51.4 Å². The maximum absolute atomic E-state index is 6.09. The van der Waals surface area contributed by atoms with E-state index >= 15 is 0 Å². The van der Waals surface area contributed by atoms with Crippen molar-refractivity contribution in [1.82, 2.24) is 0 Å². The highest BCUT2D eigenvalue weighted by Gasteiger charge is 2.23. The highest BCUT2D eigenvalue weighted by Crippen LogP contribution is 2.39. The fraction of sp³-hybridized carbons (Fsp3) is 1.00. The topological polar surface area (TPSA) is 0 Å². The standard InChI is InChI=1S/C11H19B/c12-11-7-9-3-1-4-10(8-11)6-2-5-9/h9-11H,1-8H2. The lowest BCUT2D eigenvalue weighted by atomic mass is 9.67. The third kappa shape index (κ3) is 2.05. The lowest BCUT2D eigenvalue weighted by molar-refractivity contribution is 0.247. The van der Waals surface area contributed by atoms with Gasteiger partial charge in [0.05, 0.1) is 7.85 Å². The minimum atomic E-state index is 0.528. The van der Waals surface area contributed by atoms with Gasteiger partial charge < -0.3 is 0 Å². The van der Waals surface area contributed by atoms with Crippen LogP contribution in [-0.4, -0.2) is 7.85 Å². The molecule has 1 heteroatoms. The molecule has 3 saturated carbocycles. The molecule has 0 nitrogen and oxygen atoms in total. The average molecular weight is 162 g/mol. The van der Waals surface area contributed by atoms with Crippen molar-refractivity contribution in [2.45, 2.75) is 57.2 Å². The Kier molecular flexibility index (Phi) is 2.78. The molecular weight excluding hydrogens is 143 g/mol. The number of rotatable bonds is 0. The van der Waals surface area contributed by atoms with Gasteiger partial charge in [-0.3, -0.25) is 0 Å². The Morgan fingerprint density at radius 3 is 1.58 bits per heavy atom. The monoisotopic (exact) mass is 162 g/mol. The third-order valence-electron chi connectivity index (χ3n) is 3.72. The fourth-order valence-corrected chi connectivity index (χ4v) is 3.10. The maximum atomic E-state index is 6.09. The summed E-state index contributed by atoms with van der Waals surface area (Å²) in [6, 6.07) is 0. The smallest absolute Gasteiger partial charge is 0.0699 e. The zero-order valence-corrected chi connectivity index (χ0v) is 7.97. The molecule has 0 spiro atoms. The lowest BCUT2D eigenvalue weighted by Gasteiger charge is -2.32. The average Bonchev–Trinajstić information content (AvgIpc) is 1.91. The van der Waals surface area contributed by atoms with Crippen LogP contribution >= 0.6 is 0 Å². The molecule has 0 atom stereocenters. The summed E-state index contributed by atoms with van der Waals surface area (Å²) in [7, 11) is 6.09. The van der Waals surface area contributed by atoms with Crippen LogP contribution in [0.25, 0.3) is 0 Å². The summed E-state index contributed by atoms with van der Waals surface area (Å²) in [5.41, 5.74) is 0. The van der Waals surface area contributed by atoms with Gasteiger partial charge in [0.25, 0.3) is 0 Å². The van der Waals surface area contributed by atoms with Crippen LogP contribution in [0.5, 0.6) is 0 Å². The SMILES string of the molecule is [B]C1CC2CCCC(CCC2)C1. The predicted octanol–water partition coefficient (Wildman–Crippen LogP) is 3.32. The molecule has 2 bridgehead atoms. The maximum Gasteiger partial charge on any atom is 0.0699 e. The second kappa shape index (κ2) is 3.85. The zero-order valence-electron chi connectivity index (χ0n) is 7.97. The van der Waals surface area contributed by atoms with Gasteiger partial charge in [-0.15, -0.1) is 0 Å². The van der Waals surface area contributed by atoms with E-state index in [1.54, 1.807) is 0 Å². The van der Waals surface area contributed by atoms with Gasteiger partial charge in [0, 0.05) is 0 Å². The van der Waals surface area contributed by atoms with Crippen LogP contribution in [-0.2, 0) is 0 Å². The highest BCUT2D eigenvalue weighted by molar-refractivity contribution is 6.11. The predicted molar refractivity (Wildman–Crippen MR) is 53.4 cm³/mol. The molecule has 0 amide bonds. The molecule has 0 N–H and O–H groups in total. The summed E-state index contributed by atoms with van der Waals surface area (Å²) in [5.74, 6) is 2.48. The van der Waals surface area contributed by atoms with E-state index in [9.17, 15) is 0 Å². The van der Waals surface area contributed by atoms with Crippen LogP contribution in [0.1, 0.15) is 51.4 Å². The summed E-state index contributed by atoms with van der Waals surface area (Å²) < 4.78 is 0. The summed E-state index contributed by atoms with van der Waals surface area (Å²) in [6.07, 6.45) is 11.4. The Morgan fingerprint density at radius 2 is 1.17 bits per heavy atom. The molecule has 0 aromatic carbocycles. The Labute approximate surface area is 77.5 Å². The summed E-state index contributed by atoms with van der Waals surface area (Å²) in [4.78, 5) is 0. The normalized spacial score (nSPS) is 43.2. The molecule has 3 rings (SSSR count). The van der Waals surface area contributed by atoms with E-state index in [0.29, 0.717) is 5.82 Å². The van der Waals surface area contributed by atoms with Crippen LogP contribution in [0.2, 0.25) is 5.82 Å². The van der Waals surface area contributed by atoms with Gasteiger partial charge in [0.15, 0.2) is 0 Å². The van der Waals surface area contributed by atoms with E-state index in [4.69, 9.17) is 7.85 Å². The van der Waals surface area contributed by atoms with Gasteiger partial charge in [-0.05, 0) is 11.8 Å². The quantitative estimate of drug-likeness (QED) is 0.479. The van der Waals surface area contributed by atoms with Crippen LogP contribution in [0.4, 0.5) is 0 Å². The summed E-state index contributed by atoms with van der Waals surface area (Å²) >= 11 is 0. The third-order valence-corrected chi connectivity index (χ3v) is 3.72. The Balaban J connectivity index is 2.01. The van der Waals surface area contributed by atoms with Gasteiger partial charge >= 0.3 is 0 Å². The Bertz CT molecular complexity index is 120. The molecular formula is C11H19B. The van der Waals surface area contributed by atoms with E-state index < -0.39 is 0 Å². The van der Waals surface area contributed by atoms with Crippen LogP contribution in [0.3, 0.4) is 0 Å². The Hall–Kier alpha value is 0.0649. The molecule has 12 heavy (non-hydrogen) atoms. The molecule has 3 aliphatic carbocycles. The van der Waals surface area contributed by atoms with Gasteiger partial charge in [-0.2, -0.15) is 0 Å². The van der Waals surface area contributed by atoms with Crippen LogP contribution in [0.15, 0.2) is 0 Å². The van der Waals surface area contributed by atoms with Gasteiger partial charge in [0.2, 0.25) is 0 Å². The lowest BCUT2D eigenvalue weighted by Crippen LogP contribution is -2.18. The second-order valence-electron chi connectivity index (χ2n) is 4.83. The molecule has 2 radical (unpaired) electrons. The number of hydrogen-bond acceptors (Lipinski definition) is 0. The zero-order chi connectivity index (χ0) is 8.39. The fourth-order valence-electron chi connectivity index (χ4n) is 3.10. The van der Waals surface area contributed by atoms with Crippen molar-refractivity contribution in [2.24, 2.45) is 11.8 Å². The molecule has 3 aliphatic rings. The van der Waals surface area contributed by atoms with Crippen molar-refractivity contribution in [3.05, 3.63) is 0 Å². The van der Waals surface area contributed by atoms with Gasteiger partial charge in [0.1, 0.15) is 0 Å². The van der Waals surface area contributed by atoms with Crippen molar-refractivity contribution in [3.63, 3.8) is 0 Å². The molecule has 0 aromatic heterocycles. The van der Waals surface area contributed by atoms with Crippen LogP contribution < -0.4 is 0 Å². The molecule has 0 aromatic rings. The molecule has 0 aliphatic heterocycles. The van der Waals surface area contributed by atoms with Crippen molar-refractivity contribution >= 4 is 7.85 Å². The highest BCUT2D eigenvalue weighted by atomic mass is 14.3. The summed E-state index contributed by atoms with van der Waals surface area (Å²) in [5, 5.41) is 0. The first-order chi connectivity index (χ1) is 5.84. The van der Waals surface area contributed by atoms with Crippen LogP contribution in [0, 0.1) is 11.8 Å².